The second-order valence-electron chi connectivity index (χ2n) is 6.04. The smallest absolute Gasteiger partial charge is 0.260 e. The van der Waals surface area contributed by atoms with E-state index in [1.807, 2.05) is 0 Å². The highest BCUT2D eigenvalue weighted by molar-refractivity contribution is 7.89. The van der Waals surface area contributed by atoms with Crippen molar-refractivity contribution in [1.29, 1.82) is 0 Å². The van der Waals surface area contributed by atoms with Gasteiger partial charge in [-0.1, -0.05) is 0 Å². The molecule has 7 heteroatoms. The van der Waals surface area contributed by atoms with Crippen LogP contribution >= 0.6 is 0 Å². The Morgan fingerprint density at radius 2 is 1.85 bits per heavy atom. The standard InChI is InChI=1S/C13H19N3O3S/c1-10-7-12(15(2)14-10)20(18,19)16-5-3-13(4-6-16)8-11(17)9-13/h7H,3-6,8-9H2,1-2H3. The summed E-state index contributed by atoms with van der Waals surface area (Å²) in [6.07, 6.45) is 2.83. The maximum absolute atomic E-state index is 12.6. The van der Waals surface area contributed by atoms with Crippen molar-refractivity contribution in [2.75, 3.05) is 13.1 Å². The highest BCUT2D eigenvalue weighted by Gasteiger charge is 2.47. The fraction of sp³-hybridized carbons (Fsp3) is 0.692. The molecule has 0 radical (unpaired) electrons. The summed E-state index contributed by atoms with van der Waals surface area (Å²) in [6.45, 7) is 2.78. The molecule has 0 unspecified atom stereocenters. The third-order valence-electron chi connectivity index (χ3n) is 4.49. The molecular weight excluding hydrogens is 278 g/mol. The Labute approximate surface area is 118 Å². The van der Waals surface area contributed by atoms with E-state index in [9.17, 15) is 13.2 Å². The van der Waals surface area contributed by atoms with Gasteiger partial charge in [0.2, 0.25) is 0 Å². The van der Waals surface area contributed by atoms with Crippen LogP contribution in [0.25, 0.3) is 0 Å². The number of piperidine rings is 1. The first kappa shape index (κ1) is 13.8. The lowest BCUT2D eigenvalue weighted by molar-refractivity contribution is -0.134. The van der Waals surface area contributed by atoms with Crippen LogP contribution in [0.2, 0.25) is 0 Å². The second kappa shape index (κ2) is 4.39. The number of sulfonamides is 1. The predicted molar refractivity (Wildman–Crippen MR) is 72.6 cm³/mol. The van der Waals surface area contributed by atoms with Crippen LogP contribution in [0.1, 0.15) is 31.4 Å². The van der Waals surface area contributed by atoms with Crippen molar-refractivity contribution in [3.05, 3.63) is 11.8 Å². The summed E-state index contributed by atoms with van der Waals surface area (Å²) in [6, 6.07) is 1.60. The van der Waals surface area contributed by atoms with Gasteiger partial charge >= 0.3 is 0 Å². The third kappa shape index (κ3) is 2.09. The second-order valence-corrected chi connectivity index (χ2v) is 7.93. The monoisotopic (exact) mass is 297 g/mol. The molecule has 110 valence electrons. The van der Waals surface area contributed by atoms with Crippen LogP contribution in [0.5, 0.6) is 0 Å². The summed E-state index contributed by atoms with van der Waals surface area (Å²) < 4.78 is 28.1. The Kier molecular flexibility index (Phi) is 3.02. The van der Waals surface area contributed by atoms with Crippen LogP contribution in [-0.2, 0) is 21.9 Å². The minimum Gasteiger partial charge on any atom is -0.300 e. The van der Waals surface area contributed by atoms with Gasteiger partial charge in [0.1, 0.15) is 5.78 Å². The topological polar surface area (TPSA) is 72.3 Å². The zero-order valence-corrected chi connectivity index (χ0v) is 12.6. The first-order valence-electron chi connectivity index (χ1n) is 6.85. The number of aryl methyl sites for hydroxylation is 2. The summed E-state index contributed by atoms with van der Waals surface area (Å²) in [5.74, 6) is 0.309. The van der Waals surface area contributed by atoms with Crippen molar-refractivity contribution in [3.63, 3.8) is 0 Å². The zero-order chi connectivity index (χ0) is 14.5. The van der Waals surface area contributed by atoms with E-state index >= 15 is 0 Å². The number of rotatable bonds is 2. The number of ketones is 1. The fourth-order valence-electron chi connectivity index (χ4n) is 3.30. The maximum Gasteiger partial charge on any atom is 0.260 e. The van der Waals surface area contributed by atoms with E-state index in [1.165, 1.54) is 8.99 Å². The molecule has 1 aromatic heterocycles. The Morgan fingerprint density at radius 3 is 2.30 bits per heavy atom. The molecule has 0 bridgehead atoms. The van der Waals surface area contributed by atoms with E-state index in [-0.39, 0.29) is 10.4 Å². The minimum atomic E-state index is -3.47. The Morgan fingerprint density at radius 1 is 1.25 bits per heavy atom. The first-order valence-corrected chi connectivity index (χ1v) is 8.29. The molecule has 0 N–H and O–H groups in total. The van der Waals surface area contributed by atoms with E-state index in [0.29, 0.717) is 37.4 Å². The molecule has 3 rings (SSSR count). The highest BCUT2D eigenvalue weighted by atomic mass is 32.2. The molecule has 2 aliphatic rings. The average Bonchev–Trinajstić information content (AvgIpc) is 2.68. The molecule has 1 aromatic rings. The van der Waals surface area contributed by atoms with Gasteiger partial charge in [-0.3, -0.25) is 9.48 Å². The molecule has 1 aliphatic heterocycles. The van der Waals surface area contributed by atoms with Gasteiger partial charge in [-0.2, -0.15) is 9.40 Å². The molecule has 1 aliphatic carbocycles. The molecule has 1 saturated heterocycles. The SMILES string of the molecule is Cc1cc(S(=O)(=O)N2CCC3(CC2)CC(=O)C3)n(C)n1. The van der Waals surface area contributed by atoms with Gasteiger partial charge in [0.25, 0.3) is 10.0 Å². The minimum absolute atomic E-state index is 0.0888. The molecule has 1 saturated carbocycles. The van der Waals surface area contributed by atoms with Crippen LogP contribution in [-0.4, -0.2) is 41.4 Å². The summed E-state index contributed by atoms with van der Waals surface area (Å²) in [5.41, 5.74) is 0.787. The number of hydrogen-bond acceptors (Lipinski definition) is 4. The van der Waals surface area contributed by atoms with Gasteiger partial charge in [0, 0.05) is 33.0 Å². The molecule has 2 fully saturated rings. The molecule has 6 nitrogen and oxygen atoms in total. The fourth-order valence-corrected chi connectivity index (χ4v) is 4.92. The van der Waals surface area contributed by atoms with Crippen molar-refractivity contribution in [2.24, 2.45) is 12.5 Å². The van der Waals surface area contributed by atoms with Gasteiger partial charge in [-0.25, -0.2) is 8.42 Å². The van der Waals surface area contributed by atoms with Crippen molar-refractivity contribution in [3.8, 4) is 0 Å². The highest BCUT2D eigenvalue weighted by Crippen LogP contribution is 2.47. The Bertz CT molecular complexity index is 644. The Hall–Kier alpha value is -1.21. The zero-order valence-electron chi connectivity index (χ0n) is 11.8. The lowest BCUT2D eigenvalue weighted by Gasteiger charge is -2.46. The van der Waals surface area contributed by atoms with E-state index in [4.69, 9.17) is 0 Å². The van der Waals surface area contributed by atoms with E-state index in [0.717, 1.165) is 12.8 Å². The van der Waals surface area contributed by atoms with Gasteiger partial charge in [-0.15, -0.1) is 0 Å². The quantitative estimate of drug-likeness (QED) is 0.811. The first-order chi connectivity index (χ1) is 9.32. The molecular formula is C13H19N3O3S. The molecule has 2 heterocycles. The third-order valence-corrected chi connectivity index (χ3v) is 6.45. The van der Waals surface area contributed by atoms with Crippen molar-refractivity contribution >= 4 is 15.8 Å². The van der Waals surface area contributed by atoms with E-state index in [1.54, 1.807) is 20.0 Å². The number of Topliss-reactive ketones (excluding diaryl/α,β-unsaturated/α-hetero) is 1. The van der Waals surface area contributed by atoms with Gasteiger partial charge in [0.05, 0.1) is 5.69 Å². The molecule has 20 heavy (non-hydrogen) atoms. The van der Waals surface area contributed by atoms with E-state index < -0.39 is 10.0 Å². The number of carbonyl (C=O) groups is 1. The normalized spacial score (nSPS) is 23.0. The predicted octanol–water partition coefficient (Wildman–Crippen LogP) is 0.862. The number of aromatic nitrogens is 2. The molecule has 0 aromatic carbocycles. The lowest BCUT2D eigenvalue weighted by Crippen LogP contribution is -2.49. The summed E-state index contributed by atoms with van der Waals surface area (Å²) in [7, 11) is -1.82. The van der Waals surface area contributed by atoms with Gasteiger partial charge in [-0.05, 0) is 31.2 Å². The number of hydrogen-bond donors (Lipinski definition) is 0. The average molecular weight is 297 g/mol. The van der Waals surface area contributed by atoms with Crippen LogP contribution in [0.3, 0.4) is 0 Å². The molecule has 0 atom stereocenters. The van der Waals surface area contributed by atoms with Crippen molar-refractivity contribution in [1.82, 2.24) is 14.1 Å². The van der Waals surface area contributed by atoms with Crippen molar-refractivity contribution in [2.45, 2.75) is 37.6 Å². The Balaban J connectivity index is 1.77. The van der Waals surface area contributed by atoms with Crippen molar-refractivity contribution < 1.29 is 13.2 Å². The van der Waals surface area contributed by atoms with Crippen LogP contribution in [0.15, 0.2) is 11.1 Å². The maximum atomic E-state index is 12.6. The van der Waals surface area contributed by atoms with Gasteiger partial charge in [0.15, 0.2) is 5.03 Å². The number of carbonyl (C=O) groups excluding carboxylic acids is 1. The molecule has 1 spiro atoms. The number of nitrogens with zero attached hydrogens (tertiary/aromatic N) is 3. The summed E-state index contributed by atoms with van der Waals surface area (Å²) in [4.78, 5) is 11.2. The largest absolute Gasteiger partial charge is 0.300 e. The lowest BCUT2D eigenvalue weighted by atomic mass is 9.63. The van der Waals surface area contributed by atoms with Crippen LogP contribution in [0.4, 0.5) is 0 Å². The summed E-state index contributed by atoms with van der Waals surface area (Å²) in [5, 5.41) is 4.35. The molecule has 0 amide bonds. The van der Waals surface area contributed by atoms with E-state index in [2.05, 4.69) is 5.10 Å². The summed E-state index contributed by atoms with van der Waals surface area (Å²) >= 11 is 0. The van der Waals surface area contributed by atoms with Crippen LogP contribution in [0, 0.1) is 12.3 Å². The van der Waals surface area contributed by atoms with Crippen LogP contribution < -0.4 is 0 Å². The van der Waals surface area contributed by atoms with Gasteiger partial charge < -0.3 is 0 Å².